The van der Waals surface area contributed by atoms with Gasteiger partial charge in [0.2, 0.25) is 5.91 Å². The summed E-state index contributed by atoms with van der Waals surface area (Å²) < 4.78 is 10.9. The molecule has 1 aliphatic heterocycles. The van der Waals surface area contributed by atoms with Crippen LogP contribution in [0.4, 0.5) is 0 Å². The summed E-state index contributed by atoms with van der Waals surface area (Å²) in [5.41, 5.74) is 1.11. The van der Waals surface area contributed by atoms with E-state index in [1.165, 1.54) is 0 Å². The summed E-state index contributed by atoms with van der Waals surface area (Å²) in [7, 11) is 1.64. The molecule has 1 fully saturated rings. The van der Waals surface area contributed by atoms with Gasteiger partial charge in [-0.25, -0.2) is 0 Å². The van der Waals surface area contributed by atoms with Crippen LogP contribution in [0.25, 0.3) is 10.8 Å². The average Bonchev–Trinajstić information content (AvgIpc) is 3.12. The number of carbonyl (C=O) groups excluding carboxylic acids is 2. The fourth-order valence-electron chi connectivity index (χ4n) is 4.11. The van der Waals surface area contributed by atoms with Crippen molar-refractivity contribution in [3.63, 3.8) is 0 Å². The van der Waals surface area contributed by atoms with E-state index in [0.29, 0.717) is 44.8 Å². The van der Waals surface area contributed by atoms with Crippen molar-refractivity contribution in [2.75, 3.05) is 39.9 Å². The smallest absolute Gasteiger partial charge is 0.260 e. The Labute approximate surface area is 194 Å². The minimum Gasteiger partial charge on any atom is -0.497 e. The first-order chi connectivity index (χ1) is 16.1. The van der Waals surface area contributed by atoms with Crippen molar-refractivity contribution in [1.29, 1.82) is 0 Å². The number of rotatable bonds is 7. The largest absolute Gasteiger partial charge is 0.497 e. The Hall–Kier alpha value is -3.54. The number of fused-ring (bicyclic) bond motifs is 1. The molecule has 0 saturated carbocycles. The summed E-state index contributed by atoms with van der Waals surface area (Å²) in [5.74, 6) is 1.59. The Balaban J connectivity index is 1.24. The van der Waals surface area contributed by atoms with Gasteiger partial charge < -0.3 is 19.3 Å². The second-order valence-corrected chi connectivity index (χ2v) is 8.26. The van der Waals surface area contributed by atoms with Gasteiger partial charge in [0.1, 0.15) is 11.5 Å². The topological polar surface area (TPSA) is 59.1 Å². The lowest BCUT2D eigenvalue weighted by atomic mass is 10.1. The second kappa shape index (κ2) is 10.9. The first-order valence-corrected chi connectivity index (χ1v) is 11.4. The highest BCUT2D eigenvalue weighted by molar-refractivity contribution is 5.84. The number of hydrogen-bond acceptors (Lipinski definition) is 4. The lowest BCUT2D eigenvalue weighted by Gasteiger charge is -2.22. The summed E-state index contributed by atoms with van der Waals surface area (Å²) in [6, 6.07) is 21.7. The van der Waals surface area contributed by atoms with Crippen molar-refractivity contribution < 1.29 is 19.1 Å². The van der Waals surface area contributed by atoms with Gasteiger partial charge in [-0.2, -0.15) is 0 Å². The van der Waals surface area contributed by atoms with E-state index in [0.717, 1.165) is 28.5 Å². The third-order valence-corrected chi connectivity index (χ3v) is 6.07. The third kappa shape index (κ3) is 6.04. The highest BCUT2D eigenvalue weighted by atomic mass is 16.5. The Kier molecular flexibility index (Phi) is 7.45. The predicted octanol–water partition coefficient (Wildman–Crippen LogP) is 3.92. The number of amides is 2. The van der Waals surface area contributed by atoms with Crippen LogP contribution in [0.5, 0.6) is 11.5 Å². The molecule has 3 aromatic carbocycles. The van der Waals surface area contributed by atoms with Crippen LogP contribution in [0.1, 0.15) is 18.4 Å². The van der Waals surface area contributed by atoms with Crippen LogP contribution in [0.2, 0.25) is 0 Å². The molecule has 0 aliphatic carbocycles. The highest BCUT2D eigenvalue weighted by Crippen LogP contribution is 2.20. The summed E-state index contributed by atoms with van der Waals surface area (Å²) >= 11 is 0. The van der Waals surface area contributed by atoms with E-state index in [4.69, 9.17) is 9.47 Å². The molecule has 1 aliphatic rings. The number of nitrogens with zero attached hydrogens (tertiary/aromatic N) is 2. The normalized spacial score (nSPS) is 14.1. The average molecular weight is 447 g/mol. The lowest BCUT2D eigenvalue weighted by molar-refractivity contribution is -0.134. The first kappa shape index (κ1) is 22.6. The Morgan fingerprint density at radius 2 is 1.45 bits per heavy atom. The molecule has 0 unspecified atom stereocenters. The third-order valence-electron chi connectivity index (χ3n) is 6.07. The molecule has 4 rings (SSSR count). The van der Waals surface area contributed by atoms with E-state index < -0.39 is 0 Å². The van der Waals surface area contributed by atoms with Gasteiger partial charge in [-0.1, -0.05) is 42.5 Å². The molecule has 0 N–H and O–H groups in total. The number of benzene rings is 3. The van der Waals surface area contributed by atoms with Gasteiger partial charge in [0.15, 0.2) is 6.61 Å². The van der Waals surface area contributed by atoms with Crippen molar-refractivity contribution in [2.45, 2.75) is 19.3 Å². The van der Waals surface area contributed by atoms with Crippen LogP contribution in [-0.2, 0) is 16.0 Å². The van der Waals surface area contributed by atoms with Crippen LogP contribution in [0.15, 0.2) is 66.7 Å². The van der Waals surface area contributed by atoms with Gasteiger partial charge >= 0.3 is 0 Å². The van der Waals surface area contributed by atoms with Crippen molar-refractivity contribution in [3.8, 4) is 11.5 Å². The van der Waals surface area contributed by atoms with Crippen LogP contribution >= 0.6 is 0 Å². The molecule has 0 spiro atoms. The van der Waals surface area contributed by atoms with Crippen molar-refractivity contribution in [1.82, 2.24) is 9.80 Å². The van der Waals surface area contributed by atoms with Gasteiger partial charge in [0, 0.05) is 32.6 Å². The Bertz CT molecular complexity index is 1100. The lowest BCUT2D eigenvalue weighted by Crippen LogP contribution is -2.39. The Morgan fingerprint density at radius 1 is 0.788 bits per heavy atom. The van der Waals surface area contributed by atoms with Gasteiger partial charge in [-0.3, -0.25) is 9.59 Å². The highest BCUT2D eigenvalue weighted by Gasteiger charge is 2.22. The first-order valence-electron chi connectivity index (χ1n) is 11.4. The molecule has 6 heteroatoms. The molecule has 0 aromatic heterocycles. The molecule has 6 nitrogen and oxygen atoms in total. The standard InChI is InChI=1S/C27H30N2O4/c1-32-24-11-7-21(8-12-24)9-14-26(30)28-15-4-16-29(18-17-28)27(31)20-33-25-13-10-22-5-2-3-6-23(22)19-25/h2-3,5-8,10-13,19H,4,9,14-18,20H2,1H3. The van der Waals surface area contributed by atoms with E-state index in [1.54, 1.807) is 12.0 Å². The molecule has 0 bridgehead atoms. The fourth-order valence-corrected chi connectivity index (χ4v) is 4.11. The predicted molar refractivity (Wildman–Crippen MR) is 129 cm³/mol. The molecular formula is C27H30N2O4. The molecule has 3 aromatic rings. The molecule has 172 valence electrons. The minimum absolute atomic E-state index is 0.00373. The fraction of sp³-hybridized carbons (Fsp3) is 0.333. The summed E-state index contributed by atoms with van der Waals surface area (Å²) in [5, 5.41) is 2.22. The Morgan fingerprint density at radius 3 is 2.18 bits per heavy atom. The quantitative estimate of drug-likeness (QED) is 0.552. The molecule has 0 radical (unpaired) electrons. The molecule has 33 heavy (non-hydrogen) atoms. The van der Waals surface area contributed by atoms with E-state index in [-0.39, 0.29) is 18.4 Å². The molecule has 0 atom stereocenters. The zero-order valence-corrected chi connectivity index (χ0v) is 19.0. The van der Waals surface area contributed by atoms with Crippen LogP contribution in [-0.4, -0.2) is 61.5 Å². The number of ether oxygens (including phenoxy) is 2. The van der Waals surface area contributed by atoms with Gasteiger partial charge in [0.05, 0.1) is 7.11 Å². The van der Waals surface area contributed by atoms with Crippen LogP contribution in [0.3, 0.4) is 0 Å². The maximum Gasteiger partial charge on any atom is 0.260 e. The van der Waals surface area contributed by atoms with Crippen LogP contribution in [0, 0.1) is 0 Å². The van der Waals surface area contributed by atoms with E-state index in [2.05, 4.69) is 0 Å². The monoisotopic (exact) mass is 446 g/mol. The SMILES string of the molecule is COc1ccc(CCC(=O)N2CCCN(C(=O)COc3ccc4ccccc4c3)CC2)cc1. The summed E-state index contributed by atoms with van der Waals surface area (Å²) in [6.07, 6.45) is 1.93. The molecule has 1 heterocycles. The molecule has 2 amide bonds. The number of hydrogen-bond donors (Lipinski definition) is 0. The summed E-state index contributed by atoms with van der Waals surface area (Å²) in [4.78, 5) is 29.1. The zero-order valence-electron chi connectivity index (χ0n) is 19.0. The minimum atomic E-state index is -0.0457. The van der Waals surface area contributed by atoms with E-state index >= 15 is 0 Å². The van der Waals surface area contributed by atoms with Crippen LogP contribution < -0.4 is 9.47 Å². The van der Waals surface area contributed by atoms with E-state index in [1.807, 2.05) is 71.6 Å². The summed E-state index contributed by atoms with van der Waals surface area (Å²) in [6.45, 7) is 2.42. The van der Waals surface area contributed by atoms with Gasteiger partial charge in [0.25, 0.3) is 5.91 Å². The zero-order chi connectivity index (χ0) is 23.0. The van der Waals surface area contributed by atoms with E-state index in [9.17, 15) is 9.59 Å². The number of carbonyl (C=O) groups is 2. The maximum absolute atomic E-state index is 12.7. The number of methoxy groups -OCH3 is 1. The van der Waals surface area contributed by atoms with Crippen molar-refractivity contribution in [2.24, 2.45) is 0 Å². The maximum atomic E-state index is 12.7. The molecular weight excluding hydrogens is 416 g/mol. The number of aryl methyl sites for hydroxylation is 1. The second-order valence-electron chi connectivity index (χ2n) is 8.26. The van der Waals surface area contributed by atoms with Crippen molar-refractivity contribution in [3.05, 3.63) is 72.3 Å². The van der Waals surface area contributed by atoms with Crippen molar-refractivity contribution >= 4 is 22.6 Å². The van der Waals surface area contributed by atoms with Gasteiger partial charge in [-0.05, 0) is 53.4 Å². The molecule has 1 saturated heterocycles. The van der Waals surface area contributed by atoms with Gasteiger partial charge in [-0.15, -0.1) is 0 Å².